The molecule has 0 unspecified atom stereocenters. The highest BCUT2D eigenvalue weighted by Gasteiger charge is 2.60. The van der Waals surface area contributed by atoms with Gasteiger partial charge >= 0.3 is 41.6 Å². The summed E-state index contributed by atoms with van der Waals surface area (Å²) in [6.45, 7) is 4.67. The minimum atomic E-state index is -2.45. The van der Waals surface area contributed by atoms with E-state index >= 15 is 0 Å². The molecule has 1 saturated heterocycles. The first kappa shape index (κ1) is 26.8. The van der Waals surface area contributed by atoms with Gasteiger partial charge in [-0.25, -0.2) is 4.79 Å². The third-order valence-electron chi connectivity index (χ3n) is 4.05. The van der Waals surface area contributed by atoms with Crippen molar-refractivity contribution in [2.45, 2.75) is 71.2 Å². The van der Waals surface area contributed by atoms with Gasteiger partial charge in [-0.05, 0) is 0 Å². The minimum Gasteiger partial charge on any atom is -0.464 e. The molecule has 0 aromatic carbocycles. The van der Waals surface area contributed by atoms with Crippen molar-refractivity contribution in [1.29, 1.82) is 0 Å². The number of hydrogen-bond acceptors (Lipinski definition) is 13. The van der Waals surface area contributed by atoms with E-state index in [4.69, 9.17) is 28.4 Å². The van der Waals surface area contributed by atoms with Gasteiger partial charge in [0.25, 0.3) is 0 Å². The fraction of sp³-hybridized carbons (Fsp3) is 0.684. The molecule has 32 heavy (non-hydrogen) atoms. The van der Waals surface area contributed by atoms with Crippen LogP contribution >= 0.6 is 0 Å². The topological polar surface area (TPSA) is 167 Å². The Hall–Kier alpha value is -3.22. The van der Waals surface area contributed by atoms with Crippen molar-refractivity contribution in [2.24, 2.45) is 0 Å². The highest BCUT2D eigenvalue weighted by Crippen LogP contribution is 2.37. The SMILES string of the molecule is COC(=O)[C@]1(OC(C)=O)C[C@@H](OC(C)=O)[C@@H](OC(C)=O)[C@@H]([C@@H](COC(C)=O)OC(C)=O)O1. The number of rotatable bonds is 8. The summed E-state index contributed by atoms with van der Waals surface area (Å²) in [5, 5.41) is 0. The molecule has 0 radical (unpaired) electrons. The maximum atomic E-state index is 12.6. The van der Waals surface area contributed by atoms with Crippen molar-refractivity contribution in [1.82, 2.24) is 0 Å². The fourth-order valence-electron chi connectivity index (χ4n) is 3.11. The van der Waals surface area contributed by atoms with Crippen molar-refractivity contribution in [3.63, 3.8) is 0 Å². The van der Waals surface area contributed by atoms with E-state index in [2.05, 4.69) is 4.74 Å². The maximum absolute atomic E-state index is 12.6. The molecule has 1 fully saturated rings. The summed E-state index contributed by atoms with van der Waals surface area (Å²) in [6.07, 6.45) is -6.49. The number of methoxy groups -OCH3 is 1. The molecule has 5 atom stereocenters. The number of ether oxygens (including phenoxy) is 7. The molecule has 13 nitrogen and oxygen atoms in total. The van der Waals surface area contributed by atoms with Gasteiger partial charge in [-0.15, -0.1) is 0 Å². The van der Waals surface area contributed by atoms with Crippen LogP contribution in [0.25, 0.3) is 0 Å². The fourth-order valence-corrected chi connectivity index (χ4v) is 3.11. The van der Waals surface area contributed by atoms with Crippen molar-refractivity contribution in [2.75, 3.05) is 13.7 Å². The summed E-state index contributed by atoms with van der Waals surface area (Å²) in [4.78, 5) is 70.7. The van der Waals surface area contributed by atoms with Gasteiger partial charge in [0, 0.05) is 34.6 Å². The van der Waals surface area contributed by atoms with Gasteiger partial charge < -0.3 is 33.2 Å². The van der Waals surface area contributed by atoms with Gasteiger partial charge in [0.15, 0.2) is 12.2 Å². The second-order valence-electron chi connectivity index (χ2n) is 6.80. The summed E-state index contributed by atoms with van der Waals surface area (Å²) in [5.41, 5.74) is 0. The summed E-state index contributed by atoms with van der Waals surface area (Å²) >= 11 is 0. The van der Waals surface area contributed by atoms with E-state index in [1.165, 1.54) is 0 Å². The molecule has 0 amide bonds. The lowest BCUT2D eigenvalue weighted by Crippen LogP contribution is -2.65. The second-order valence-corrected chi connectivity index (χ2v) is 6.80. The molecule has 1 heterocycles. The van der Waals surface area contributed by atoms with Crippen molar-refractivity contribution >= 4 is 35.8 Å². The lowest BCUT2D eigenvalue weighted by atomic mass is 9.91. The van der Waals surface area contributed by atoms with Crippen LogP contribution in [-0.4, -0.2) is 79.7 Å². The zero-order valence-corrected chi connectivity index (χ0v) is 18.5. The van der Waals surface area contributed by atoms with Crippen LogP contribution in [0.2, 0.25) is 0 Å². The van der Waals surface area contributed by atoms with E-state index in [-0.39, 0.29) is 0 Å². The Labute approximate surface area is 183 Å². The molecule has 0 aromatic heterocycles. The van der Waals surface area contributed by atoms with Crippen LogP contribution in [-0.2, 0) is 61.9 Å². The molecule has 0 aromatic rings. The molecule has 0 saturated carbocycles. The van der Waals surface area contributed by atoms with Crippen LogP contribution in [0.3, 0.4) is 0 Å². The molecule has 180 valence electrons. The lowest BCUT2D eigenvalue weighted by Gasteiger charge is -2.46. The van der Waals surface area contributed by atoms with Gasteiger partial charge in [-0.1, -0.05) is 0 Å². The quantitative estimate of drug-likeness (QED) is 0.337. The third kappa shape index (κ3) is 7.48. The monoisotopic (exact) mass is 462 g/mol. The van der Waals surface area contributed by atoms with E-state index in [9.17, 15) is 28.8 Å². The normalized spacial score (nSPS) is 25.5. The van der Waals surface area contributed by atoms with Crippen LogP contribution in [0.15, 0.2) is 0 Å². The number of carbonyl (C=O) groups excluding carboxylic acids is 6. The molecule has 0 aliphatic carbocycles. The van der Waals surface area contributed by atoms with E-state index in [0.717, 1.165) is 41.7 Å². The standard InChI is InChI=1S/C19H26O13/c1-9(20)27-8-15(29-11(3)22)17-16(30-12(4)23)14(28-10(2)21)7-19(32-17,18(25)26-6)31-13(5)24/h14-17H,7-8H2,1-6H3/t14-,15-,16-,17-,19+/m1/s1. The Morgan fingerprint density at radius 2 is 1.47 bits per heavy atom. The number of carbonyl (C=O) groups is 6. The predicted molar refractivity (Wildman–Crippen MR) is 99.3 cm³/mol. The molecule has 0 bridgehead atoms. The first-order valence-electron chi connectivity index (χ1n) is 9.42. The van der Waals surface area contributed by atoms with Crippen molar-refractivity contribution in [3.05, 3.63) is 0 Å². The van der Waals surface area contributed by atoms with Crippen LogP contribution < -0.4 is 0 Å². The van der Waals surface area contributed by atoms with Crippen LogP contribution in [0, 0.1) is 0 Å². The van der Waals surface area contributed by atoms with Crippen molar-refractivity contribution in [3.8, 4) is 0 Å². The first-order chi connectivity index (χ1) is 14.8. The Morgan fingerprint density at radius 1 is 0.875 bits per heavy atom. The first-order valence-corrected chi connectivity index (χ1v) is 9.42. The number of esters is 6. The van der Waals surface area contributed by atoms with Gasteiger partial charge in [0.2, 0.25) is 0 Å². The summed E-state index contributed by atoms with van der Waals surface area (Å²) in [6, 6.07) is 0. The van der Waals surface area contributed by atoms with Crippen LogP contribution in [0.5, 0.6) is 0 Å². The largest absolute Gasteiger partial charge is 0.464 e. The minimum absolute atomic E-state index is 0.582. The number of hydrogen-bond donors (Lipinski definition) is 0. The van der Waals surface area contributed by atoms with E-state index in [1.54, 1.807) is 0 Å². The third-order valence-corrected chi connectivity index (χ3v) is 4.05. The van der Waals surface area contributed by atoms with Crippen LogP contribution in [0.1, 0.15) is 41.0 Å². The molecular formula is C19H26O13. The molecule has 1 aliphatic rings. The zero-order valence-electron chi connectivity index (χ0n) is 18.5. The molecule has 0 N–H and O–H groups in total. The Morgan fingerprint density at radius 3 is 1.91 bits per heavy atom. The van der Waals surface area contributed by atoms with Gasteiger partial charge in [0.05, 0.1) is 13.5 Å². The smallest absolute Gasteiger partial charge is 0.379 e. The average molecular weight is 462 g/mol. The van der Waals surface area contributed by atoms with Crippen molar-refractivity contribution < 1.29 is 61.9 Å². The second kappa shape index (κ2) is 11.4. The summed E-state index contributed by atoms with van der Waals surface area (Å²) < 4.78 is 36.0. The zero-order chi connectivity index (χ0) is 24.6. The molecular weight excluding hydrogens is 436 g/mol. The maximum Gasteiger partial charge on any atom is 0.379 e. The van der Waals surface area contributed by atoms with Gasteiger partial charge in [-0.2, -0.15) is 0 Å². The Kier molecular flexibility index (Phi) is 9.56. The van der Waals surface area contributed by atoms with Gasteiger partial charge in [0.1, 0.15) is 18.8 Å². The summed E-state index contributed by atoms with van der Waals surface area (Å²) in [5.74, 6) is -7.80. The van der Waals surface area contributed by atoms with Crippen LogP contribution in [0.4, 0.5) is 0 Å². The molecule has 0 spiro atoms. The molecule has 1 aliphatic heterocycles. The molecule has 13 heteroatoms. The lowest BCUT2D eigenvalue weighted by molar-refractivity contribution is -0.317. The van der Waals surface area contributed by atoms with E-state index < -0.39 is 79.0 Å². The van der Waals surface area contributed by atoms with E-state index in [0.29, 0.717) is 0 Å². The Bertz CT molecular complexity index is 760. The molecule has 1 rings (SSSR count). The highest BCUT2D eigenvalue weighted by atomic mass is 16.8. The Balaban J connectivity index is 3.60. The van der Waals surface area contributed by atoms with Gasteiger partial charge in [-0.3, -0.25) is 24.0 Å². The summed E-state index contributed by atoms with van der Waals surface area (Å²) in [7, 11) is 0.993. The predicted octanol–water partition coefficient (Wildman–Crippen LogP) is -0.434. The van der Waals surface area contributed by atoms with E-state index in [1.807, 2.05) is 0 Å². The highest BCUT2D eigenvalue weighted by molar-refractivity contribution is 5.82. The average Bonchev–Trinajstić information content (AvgIpc) is 2.64.